The molecular weight excluding hydrogens is 421 g/mol. The second kappa shape index (κ2) is 8.60. The molecule has 1 aliphatic heterocycles. The van der Waals surface area contributed by atoms with Crippen LogP contribution in [0, 0.1) is 0 Å². The van der Waals surface area contributed by atoms with E-state index >= 15 is 0 Å². The van der Waals surface area contributed by atoms with Crippen molar-refractivity contribution in [1.82, 2.24) is 16.0 Å². The third kappa shape index (κ3) is 5.85. The van der Waals surface area contributed by atoms with E-state index in [0.717, 1.165) is 0 Å². The first-order valence-electron chi connectivity index (χ1n) is 7.61. The van der Waals surface area contributed by atoms with Gasteiger partial charge in [-0.15, -0.1) is 0 Å². The Labute approximate surface area is 169 Å². The van der Waals surface area contributed by atoms with Crippen LogP contribution in [0.4, 0.5) is 4.79 Å². The van der Waals surface area contributed by atoms with Crippen molar-refractivity contribution in [3.8, 4) is 5.75 Å². The molecule has 1 aromatic rings. The minimum absolute atomic E-state index is 0.180. The van der Waals surface area contributed by atoms with Gasteiger partial charge in [-0.25, -0.2) is 4.79 Å². The van der Waals surface area contributed by atoms with Crippen LogP contribution in [0.1, 0.15) is 18.9 Å². The number of benzene rings is 1. The van der Waals surface area contributed by atoms with Crippen LogP contribution in [0.15, 0.2) is 29.8 Å². The number of imide groups is 2. The number of ether oxygens (including phenoxy) is 1. The van der Waals surface area contributed by atoms with E-state index in [1.807, 2.05) is 10.6 Å². The Morgan fingerprint density at radius 2 is 1.70 bits per heavy atom. The molecule has 0 unspecified atom stereocenters. The van der Waals surface area contributed by atoms with Gasteiger partial charge in [0.15, 0.2) is 0 Å². The van der Waals surface area contributed by atoms with Gasteiger partial charge in [0.25, 0.3) is 11.8 Å². The maximum absolute atomic E-state index is 11.7. The smallest absolute Gasteiger partial charge is 0.328 e. The highest BCUT2D eigenvalue weighted by Gasteiger charge is 2.36. The zero-order valence-electron chi connectivity index (χ0n) is 13.8. The van der Waals surface area contributed by atoms with Gasteiger partial charge in [-0.1, -0.05) is 53.9 Å². The van der Waals surface area contributed by atoms with Gasteiger partial charge in [-0.05, 0) is 23.8 Å². The zero-order chi connectivity index (χ0) is 20.2. The number of carbonyl (C=O) groups is 4. The summed E-state index contributed by atoms with van der Waals surface area (Å²) in [4.78, 5) is 46.0. The molecule has 1 fully saturated rings. The van der Waals surface area contributed by atoms with Crippen LogP contribution < -0.4 is 20.7 Å². The van der Waals surface area contributed by atoms with Crippen molar-refractivity contribution in [2.45, 2.75) is 23.4 Å². The number of carbonyl (C=O) groups excluding carboxylic acids is 4. The number of nitrogens with one attached hydrogen (secondary N) is 3. The third-order valence-corrected chi connectivity index (χ3v) is 3.89. The fourth-order valence-electron chi connectivity index (χ4n) is 1.98. The van der Waals surface area contributed by atoms with Crippen LogP contribution in [0.5, 0.6) is 5.75 Å². The lowest BCUT2D eigenvalue weighted by molar-refractivity contribution is -0.124. The number of barbiturate groups is 1. The summed E-state index contributed by atoms with van der Waals surface area (Å²) in [5.74, 6) is -1.70. The number of alkyl halides is 3. The van der Waals surface area contributed by atoms with E-state index < -0.39 is 27.9 Å². The summed E-state index contributed by atoms with van der Waals surface area (Å²) in [5.41, 5.74) is 0.262. The van der Waals surface area contributed by atoms with Crippen molar-refractivity contribution in [2.75, 3.05) is 0 Å². The summed E-state index contributed by atoms with van der Waals surface area (Å²) in [5, 5.41) is 6.39. The number of hydrogen-bond acceptors (Lipinski definition) is 5. The zero-order valence-corrected chi connectivity index (χ0v) is 16.1. The van der Waals surface area contributed by atoms with Gasteiger partial charge in [-0.3, -0.25) is 25.0 Å². The summed E-state index contributed by atoms with van der Waals surface area (Å²) < 4.78 is 3.59. The van der Waals surface area contributed by atoms with Crippen molar-refractivity contribution < 1.29 is 23.9 Å². The van der Waals surface area contributed by atoms with Gasteiger partial charge >= 0.3 is 6.03 Å². The molecule has 0 aromatic heterocycles. The number of halogens is 3. The average Bonchev–Trinajstić information content (AvgIpc) is 2.57. The Balaban J connectivity index is 2.15. The van der Waals surface area contributed by atoms with Gasteiger partial charge < -0.3 is 10.1 Å². The standard InChI is InChI=1S/C16H14Cl3N3O5/c1-2-11(23)20-14(16(17,18)19)27-9-5-3-8(4-6-9)7-10-12(24)21-15(26)22-13(10)25/h3-7,14H,2H2,1H3,(H,20,23)(H2,21,22,24,25,26)/t14-/m0/s1. The molecule has 1 aromatic carbocycles. The Bertz CT molecular complexity index is 781. The third-order valence-electron chi connectivity index (χ3n) is 3.30. The Hall–Kier alpha value is -2.29. The molecule has 11 heteroatoms. The van der Waals surface area contributed by atoms with Gasteiger partial charge in [0.05, 0.1) is 0 Å². The molecule has 3 N–H and O–H groups in total. The Kier molecular flexibility index (Phi) is 6.69. The minimum Gasteiger partial charge on any atom is -0.466 e. The van der Waals surface area contributed by atoms with Crippen molar-refractivity contribution in [3.05, 3.63) is 35.4 Å². The predicted molar refractivity (Wildman–Crippen MR) is 99.2 cm³/mol. The molecule has 0 aliphatic carbocycles. The van der Waals surface area contributed by atoms with E-state index in [0.29, 0.717) is 5.56 Å². The molecule has 27 heavy (non-hydrogen) atoms. The van der Waals surface area contributed by atoms with Crippen LogP contribution in [0.3, 0.4) is 0 Å². The predicted octanol–water partition coefficient (Wildman–Crippen LogP) is 2.04. The fourth-order valence-corrected chi connectivity index (χ4v) is 2.28. The average molecular weight is 435 g/mol. The van der Waals surface area contributed by atoms with E-state index in [-0.39, 0.29) is 23.7 Å². The maximum Gasteiger partial charge on any atom is 0.328 e. The second-order valence-corrected chi connectivity index (χ2v) is 7.69. The van der Waals surface area contributed by atoms with Crippen molar-refractivity contribution in [1.29, 1.82) is 0 Å². The highest BCUT2D eigenvalue weighted by atomic mass is 35.6. The molecule has 1 heterocycles. The molecule has 144 valence electrons. The second-order valence-electron chi connectivity index (χ2n) is 5.32. The monoisotopic (exact) mass is 433 g/mol. The number of amides is 5. The molecule has 1 atom stereocenters. The summed E-state index contributed by atoms with van der Waals surface area (Å²) >= 11 is 17.5. The van der Waals surface area contributed by atoms with E-state index in [2.05, 4.69) is 5.32 Å². The number of rotatable bonds is 5. The quantitative estimate of drug-likeness (QED) is 0.284. The molecule has 0 radical (unpaired) electrons. The van der Waals surface area contributed by atoms with Crippen molar-refractivity contribution >= 4 is 64.6 Å². The normalized spacial score (nSPS) is 15.6. The largest absolute Gasteiger partial charge is 0.466 e. The van der Waals surface area contributed by atoms with Gasteiger partial charge in [0.1, 0.15) is 11.3 Å². The van der Waals surface area contributed by atoms with E-state index in [4.69, 9.17) is 39.5 Å². The summed E-state index contributed by atoms with van der Waals surface area (Å²) in [7, 11) is 0. The van der Waals surface area contributed by atoms with Crippen molar-refractivity contribution in [3.63, 3.8) is 0 Å². The lowest BCUT2D eigenvalue weighted by Gasteiger charge is -2.26. The van der Waals surface area contributed by atoms with Crippen LogP contribution >= 0.6 is 34.8 Å². The molecule has 2 rings (SSSR count). The van der Waals surface area contributed by atoms with Crippen molar-refractivity contribution in [2.24, 2.45) is 0 Å². The first-order valence-corrected chi connectivity index (χ1v) is 8.74. The molecule has 1 saturated heterocycles. The molecule has 0 saturated carbocycles. The van der Waals surface area contributed by atoms with Gasteiger partial charge in [-0.2, -0.15) is 0 Å². The molecule has 8 nitrogen and oxygen atoms in total. The summed E-state index contributed by atoms with van der Waals surface area (Å²) in [6.07, 6.45) is 0.256. The highest BCUT2D eigenvalue weighted by Crippen LogP contribution is 2.32. The van der Waals surface area contributed by atoms with Gasteiger partial charge in [0.2, 0.25) is 15.9 Å². The SMILES string of the molecule is CCC(=O)N[C@@H](Oc1ccc(C=C2C(=O)NC(=O)NC2=O)cc1)C(Cl)(Cl)Cl. The van der Waals surface area contributed by atoms with E-state index in [9.17, 15) is 19.2 Å². The Morgan fingerprint density at radius 3 is 2.19 bits per heavy atom. The topological polar surface area (TPSA) is 114 Å². The first-order chi connectivity index (χ1) is 12.6. The highest BCUT2D eigenvalue weighted by molar-refractivity contribution is 6.68. The maximum atomic E-state index is 11.7. The number of urea groups is 1. The lowest BCUT2D eigenvalue weighted by atomic mass is 10.1. The van der Waals surface area contributed by atoms with Crippen LogP contribution in [0.25, 0.3) is 6.08 Å². The summed E-state index contributed by atoms with van der Waals surface area (Å²) in [6, 6.07) is 5.19. The molecular formula is C16H14Cl3N3O5. The van der Waals surface area contributed by atoms with Crippen LogP contribution in [-0.4, -0.2) is 33.8 Å². The fraction of sp³-hybridized carbons (Fsp3) is 0.250. The van der Waals surface area contributed by atoms with Gasteiger partial charge in [0, 0.05) is 6.42 Å². The van der Waals surface area contributed by atoms with Crippen LogP contribution in [-0.2, 0) is 14.4 Å². The molecule has 5 amide bonds. The Morgan fingerprint density at radius 1 is 1.15 bits per heavy atom. The van der Waals surface area contributed by atoms with Crippen LogP contribution in [0.2, 0.25) is 0 Å². The lowest BCUT2D eigenvalue weighted by Crippen LogP contribution is -2.51. The molecule has 0 spiro atoms. The minimum atomic E-state index is -1.91. The summed E-state index contributed by atoms with van der Waals surface area (Å²) in [6.45, 7) is 1.64. The van der Waals surface area contributed by atoms with E-state index in [1.165, 1.54) is 30.3 Å². The van der Waals surface area contributed by atoms with E-state index in [1.54, 1.807) is 6.92 Å². The number of hydrogen-bond donors (Lipinski definition) is 3. The molecule has 1 aliphatic rings. The first kappa shape index (κ1) is 21.0. The molecule has 0 bridgehead atoms.